The van der Waals surface area contributed by atoms with Crippen LogP contribution in [0.15, 0.2) is 48.5 Å². The molecule has 1 aliphatic rings. The summed E-state index contributed by atoms with van der Waals surface area (Å²) >= 11 is 0. The minimum atomic E-state index is -0.122. The first kappa shape index (κ1) is 17.2. The van der Waals surface area contributed by atoms with Gasteiger partial charge in [-0.25, -0.2) is 0 Å². The Morgan fingerprint density at radius 2 is 1.52 bits per heavy atom. The van der Waals surface area contributed by atoms with Gasteiger partial charge < -0.3 is 10.2 Å². The van der Waals surface area contributed by atoms with Crippen LogP contribution in [0.3, 0.4) is 0 Å². The van der Waals surface area contributed by atoms with Gasteiger partial charge in [-0.05, 0) is 54.7 Å². The van der Waals surface area contributed by atoms with Gasteiger partial charge in [-0.15, -0.1) is 0 Å². The topological polar surface area (TPSA) is 49.4 Å². The maximum absolute atomic E-state index is 12.3. The standard InChI is InChI=1S/C21H24N2O2/c1-2-16-5-9-18(10-6-16)21(25)22-19-11-7-17(8-12-19)15-20(24)23-13-3-4-14-23/h5-12H,2-4,13-15H2,1H3,(H,22,25). The van der Waals surface area contributed by atoms with Crippen LogP contribution in [0.2, 0.25) is 0 Å². The molecular formula is C21H24N2O2. The zero-order valence-electron chi connectivity index (χ0n) is 14.6. The molecule has 0 atom stereocenters. The summed E-state index contributed by atoms with van der Waals surface area (Å²) in [5.74, 6) is 0.0637. The van der Waals surface area contributed by atoms with Gasteiger partial charge in [0.15, 0.2) is 0 Å². The lowest BCUT2D eigenvalue weighted by molar-refractivity contribution is -0.129. The SMILES string of the molecule is CCc1ccc(C(=O)Nc2ccc(CC(=O)N3CCCC3)cc2)cc1. The maximum atomic E-state index is 12.3. The van der Waals surface area contributed by atoms with Gasteiger partial charge in [-0.1, -0.05) is 31.2 Å². The highest BCUT2D eigenvalue weighted by Crippen LogP contribution is 2.15. The molecule has 0 radical (unpaired) electrons. The van der Waals surface area contributed by atoms with Crippen molar-refractivity contribution in [1.29, 1.82) is 0 Å². The van der Waals surface area contributed by atoms with Gasteiger partial charge in [0, 0.05) is 24.3 Å². The fourth-order valence-corrected chi connectivity index (χ4v) is 3.05. The molecule has 4 nitrogen and oxygen atoms in total. The number of carbonyl (C=O) groups is 2. The zero-order valence-corrected chi connectivity index (χ0v) is 14.6. The van der Waals surface area contributed by atoms with E-state index in [1.54, 1.807) is 0 Å². The van der Waals surface area contributed by atoms with Crippen molar-refractivity contribution in [3.63, 3.8) is 0 Å². The van der Waals surface area contributed by atoms with Crippen LogP contribution >= 0.6 is 0 Å². The fraction of sp³-hybridized carbons (Fsp3) is 0.333. The number of benzene rings is 2. The second-order valence-corrected chi connectivity index (χ2v) is 6.47. The van der Waals surface area contributed by atoms with E-state index in [1.165, 1.54) is 5.56 Å². The van der Waals surface area contributed by atoms with Crippen LogP contribution in [0.4, 0.5) is 5.69 Å². The normalized spacial score (nSPS) is 13.7. The molecule has 4 heteroatoms. The van der Waals surface area contributed by atoms with Crippen molar-refractivity contribution in [2.24, 2.45) is 0 Å². The Bertz CT molecular complexity index is 729. The van der Waals surface area contributed by atoms with E-state index < -0.39 is 0 Å². The molecule has 0 unspecified atom stereocenters. The first-order valence-corrected chi connectivity index (χ1v) is 8.92. The van der Waals surface area contributed by atoms with Crippen LogP contribution in [0.5, 0.6) is 0 Å². The molecule has 0 saturated carbocycles. The van der Waals surface area contributed by atoms with Gasteiger partial charge >= 0.3 is 0 Å². The highest BCUT2D eigenvalue weighted by molar-refractivity contribution is 6.04. The Hall–Kier alpha value is -2.62. The Morgan fingerprint density at radius 1 is 0.920 bits per heavy atom. The number of amides is 2. The van der Waals surface area contributed by atoms with Gasteiger partial charge in [0.05, 0.1) is 6.42 Å². The summed E-state index contributed by atoms with van der Waals surface area (Å²) in [6.45, 7) is 3.85. The van der Waals surface area contributed by atoms with Crippen LogP contribution in [0, 0.1) is 0 Å². The van der Waals surface area contributed by atoms with E-state index >= 15 is 0 Å². The predicted octanol–water partition coefficient (Wildman–Crippen LogP) is 3.67. The predicted molar refractivity (Wildman–Crippen MR) is 99.7 cm³/mol. The number of hydrogen-bond acceptors (Lipinski definition) is 2. The molecule has 1 N–H and O–H groups in total. The number of likely N-dealkylation sites (tertiary alicyclic amines) is 1. The lowest BCUT2D eigenvalue weighted by atomic mass is 10.1. The molecule has 1 heterocycles. The number of aryl methyl sites for hydroxylation is 1. The Kier molecular flexibility index (Phi) is 5.49. The number of hydrogen-bond donors (Lipinski definition) is 1. The number of carbonyl (C=O) groups excluding carboxylic acids is 2. The second kappa shape index (κ2) is 7.97. The van der Waals surface area contributed by atoms with Crippen molar-refractivity contribution in [2.45, 2.75) is 32.6 Å². The molecule has 2 aromatic carbocycles. The summed E-state index contributed by atoms with van der Waals surface area (Å²) in [5.41, 5.74) is 3.57. The van der Waals surface area contributed by atoms with Gasteiger partial charge in [0.1, 0.15) is 0 Å². The van der Waals surface area contributed by atoms with Crippen LogP contribution in [0.25, 0.3) is 0 Å². The van der Waals surface area contributed by atoms with Crippen LogP contribution in [-0.2, 0) is 17.6 Å². The molecule has 1 fully saturated rings. The zero-order chi connectivity index (χ0) is 17.6. The Morgan fingerprint density at radius 3 is 2.12 bits per heavy atom. The Balaban J connectivity index is 1.57. The number of nitrogens with one attached hydrogen (secondary N) is 1. The summed E-state index contributed by atoms with van der Waals surface area (Å²) in [6, 6.07) is 15.2. The third kappa shape index (κ3) is 4.47. The van der Waals surface area contributed by atoms with Crippen molar-refractivity contribution in [1.82, 2.24) is 4.90 Å². The van der Waals surface area contributed by atoms with Crippen LogP contribution in [0.1, 0.15) is 41.3 Å². The summed E-state index contributed by atoms with van der Waals surface area (Å²) < 4.78 is 0. The Labute approximate surface area is 148 Å². The minimum absolute atomic E-state index is 0.122. The molecular weight excluding hydrogens is 312 g/mol. The highest BCUT2D eigenvalue weighted by Gasteiger charge is 2.17. The maximum Gasteiger partial charge on any atom is 0.255 e. The van der Waals surface area contributed by atoms with Crippen LogP contribution in [-0.4, -0.2) is 29.8 Å². The molecule has 0 aromatic heterocycles. The minimum Gasteiger partial charge on any atom is -0.342 e. The summed E-state index contributed by atoms with van der Waals surface area (Å²) in [4.78, 5) is 26.4. The number of nitrogens with zero attached hydrogens (tertiary/aromatic N) is 1. The number of anilines is 1. The lowest BCUT2D eigenvalue weighted by Crippen LogP contribution is -2.29. The van der Waals surface area contributed by atoms with E-state index in [0.717, 1.165) is 43.6 Å². The lowest BCUT2D eigenvalue weighted by Gasteiger charge is -2.15. The average molecular weight is 336 g/mol. The highest BCUT2D eigenvalue weighted by atomic mass is 16.2. The molecule has 1 aliphatic heterocycles. The van der Waals surface area contributed by atoms with Gasteiger partial charge in [0.2, 0.25) is 5.91 Å². The molecule has 1 saturated heterocycles. The van der Waals surface area contributed by atoms with Crippen molar-refractivity contribution in [3.8, 4) is 0 Å². The van der Waals surface area contributed by atoms with E-state index in [9.17, 15) is 9.59 Å². The molecule has 0 bridgehead atoms. The molecule has 25 heavy (non-hydrogen) atoms. The molecule has 130 valence electrons. The quantitative estimate of drug-likeness (QED) is 0.906. The second-order valence-electron chi connectivity index (χ2n) is 6.47. The van der Waals surface area contributed by atoms with Crippen molar-refractivity contribution in [2.75, 3.05) is 18.4 Å². The van der Waals surface area contributed by atoms with Crippen molar-refractivity contribution < 1.29 is 9.59 Å². The molecule has 2 amide bonds. The molecule has 3 rings (SSSR count). The van der Waals surface area contributed by atoms with Gasteiger partial charge in [0.25, 0.3) is 5.91 Å². The van der Waals surface area contributed by atoms with E-state index in [1.807, 2.05) is 53.4 Å². The molecule has 0 aliphatic carbocycles. The molecule has 0 spiro atoms. The van der Waals surface area contributed by atoms with E-state index in [4.69, 9.17) is 0 Å². The number of rotatable bonds is 5. The van der Waals surface area contributed by atoms with E-state index in [0.29, 0.717) is 12.0 Å². The van der Waals surface area contributed by atoms with Gasteiger partial charge in [-0.3, -0.25) is 9.59 Å². The summed E-state index contributed by atoms with van der Waals surface area (Å²) in [6.07, 6.45) is 3.60. The van der Waals surface area contributed by atoms with E-state index in [2.05, 4.69) is 12.2 Å². The fourth-order valence-electron chi connectivity index (χ4n) is 3.05. The molecule has 2 aromatic rings. The first-order valence-electron chi connectivity index (χ1n) is 8.92. The van der Waals surface area contributed by atoms with E-state index in [-0.39, 0.29) is 11.8 Å². The summed E-state index contributed by atoms with van der Waals surface area (Å²) in [5, 5.41) is 2.90. The van der Waals surface area contributed by atoms with Crippen LogP contribution < -0.4 is 5.32 Å². The van der Waals surface area contributed by atoms with Gasteiger partial charge in [-0.2, -0.15) is 0 Å². The summed E-state index contributed by atoms with van der Waals surface area (Å²) in [7, 11) is 0. The third-order valence-electron chi connectivity index (χ3n) is 4.65. The third-order valence-corrected chi connectivity index (χ3v) is 4.65. The largest absolute Gasteiger partial charge is 0.342 e. The monoisotopic (exact) mass is 336 g/mol. The van der Waals surface area contributed by atoms with Crippen molar-refractivity contribution >= 4 is 17.5 Å². The smallest absolute Gasteiger partial charge is 0.255 e. The first-order chi connectivity index (χ1) is 12.2. The average Bonchev–Trinajstić information content (AvgIpc) is 3.18. The van der Waals surface area contributed by atoms with Crippen molar-refractivity contribution in [3.05, 3.63) is 65.2 Å².